The van der Waals surface area contributed by atoms with Crippen LogP contribution < -0.4 is 15.8 Å². The average Bonchev–Trinajstić information content (AvgIpc) is 3.23. The third-order valence-corrected chi connectivity index (χ3v) is 5.87. The van der Waals surface area contributed by atoms with Crippen molar-refractivity contribution in [3.63, 3.8) is 0 Å². The molecule has 0 bridgehead atoms. The van der Waals surface area contributed by atoms with E-state index in [4.69, 9.17) is 10.5 Å². The van der Waals surface area contributed by atoms with Crippen LogP contribution in [-0.4, -0.2) is 45.1 Å². The highest BCUT2D eigenvalue weighted by Crippen LogP contribution is 2.34. The number of ether oxygens (including phenoxy) is 1. The molecule has 168 valence electrons. The number of anilines is 1. The zero-order valence-corrected chi connectivity index (χ0v) is 19.7. The highest BCUT2D eigenvalue weighted by atomic mass is 32.1. The molecule has 0 radical (unpaired) electrons. The minimum absolute atomic E-state index is 0.176. The predicted molar refractivity (Wildman–Crippen MR) is 127 cm³/mol. The van der Waals surface area contributed by atoms with E-state index in [0.717, 1.165) is 33.0 Å². The largest absolute Gasteiger partial charge is 0.491 e. The number of aromatic nitrogens is 3. The number of nitrogens with zero attached hydrogens (tertiary/aromatic N) is 4. The minimum atomic E-state index is -0.638. The van der Waals surface area contributed by atoms with Gasteiger partial charge in [-0.2, -0.15) is 5.26 Å². The Morgan fingerprint density at radius 3 is 2.31 bits per heavy atom. The van der Waals surface area contributed by atoms with Crippen LogP contribution in [0.4, 0.5) is 5.82 Å². The summed E-state index contributed by atoms with van der Waals surface area (Å²) in [6.07, 6.45) is 1.07. The van der Waals surface area contributed by atoms with E-state index in [2.05, 4.69) is 26.6 Å². The quantitative estimate of drug-likeness (QED) is 0.472. The molecule has 2 aromatic heterocycles. The molecule has 8 nitrogen and oxygen atoms in total. The number of aliphatic hydroxyl groups excluding tert-OH is 1. The van der Waals surface area contributed by atoms with Crippen LogP contribution in [-0.2, 0) is 0 Å². The van der Waals surface area contributed by atoms with Gasteiger partial charge in [0.15, 0.2) is 0 Å². The van der Waals surface area contributed by atoms with Crippen LogP contribution in [0.1, 0.15) is 37.5 Å². The first kappa shape index (κ1) is 23.6. The van der Waals surface area contributed by atoms with Crippen molar-refractivity contribution < 1.29 is 9.84 Å². The average molecular weight is 453 g/mol. The lowest BCUT2D eigenvalue weighted by atomic mass is 10.1. The lowest BCUT2D eigenvalue weighted by Gasteiger charge is -2.18. The maximum atomic E-state index is 9.57. The second-order valence-electron chi connectivity index (χ2n) is 8.10. The molecule has 2 heterocycles. The van der Waals surface area contributed by atoms with E-state index in [9.17, 15) is 10.4 Å². The molecule has 2 atom stereocenters. The van der Waals surface area contributed by atoms with Crippen LogP contribution in [0.2, 0.25) is 0 Å². The van der Waals surface area contributed by atoms with Gasteiger partial charge >= 0.3 is 0 Å². The number of hydrogen-bond acceptors (Lipinski definition) is 9. The first-order valence-corrected chi connectivity index (χ1v) is 11.2. The third kappa shape index (κ3) is 5.40. The summed E-state index contributed by atoms with van der Waals surface area (Å²) in [5.74, 6) is 1.32. The Morgan fingerprint density at radius 1 is 1.12 bits per heavy atom. The van der Waals surface area contributed by atoms with Gasteiger partial charge in [0.2, 0.25) is 0 Å². The maximum Gasteiger partial charge on any atom is 0.149 e. The van der Waals surface area contributed by atoms with Gasteiger partial charge in [-0.25, -0.2) is 4.98 Å². The fraction of sp³-hybridized carbons (Fsp3) is 0.391. The second kappa shape index (κ2) is 10.0. The molecule has 32 heavy (non-hydrogen) atoms. The Hall–Kier alpha value is -3.06. The molecule has 0 saturated carbocycles. The van der Waals surface area contributed by atoms with Crippen molar-refractivity contribution in [2.45, 2.75) is 52.8 Å². The molecule has 0 fully saturated rings. The van der Waals surface area contributed by atoms with Crippen LogP contribution in [0.25, 0.3) is 21.1 Å². The summed E-state index contributed by atoms with van der Waals surface area (Å²) < 4.78 is 5.86. The van der Waals surface area contributed by atoms with Gasteiger partial charge in [0.05, 0.1) is 17.7 Å². The number of rotatable bonds is 8. The molecule has 0 unspecified atom stereocenters. The van der Waals surface area contributed by atoms with E-state index in [1.54, 1.807) is 19.2 Å². The maximum absolute atomic E-state index is 9.57. The monoisotopic (exact) mass is 452 g/mol. The van der Waals surface area contributed by atoms with E-state index < -0.39 is 12.1 Å². The Balaban J connectivity index is 1.85. The highest BCUT2D eigenvalue weighted by Gasteiger charge is 2.16. The first-order chi connectivity index (χ1) is 15.2. The Morgan fingerprint density at radius 2 is 1.75 bits per heavy atom. The molecule has 0 spiro atoms. The number of aliphatic hydroxyl groups is 1. The van der Waals surface area contributed by atoms with Crippen LogP contribution in [0.5, 0.6) is 5.75 Å². The molecule has 0 saturated heterocycles. The van der Waals surface area contributed by atoms with Gasteiger partial charge in [-0.05, 0) is 63.9 Å². The van der Waals surface area contributed by atoms with Gasteiger partial charge in [-0.1, -0.05) is 11.3 Å². The molecule has 0 amide bonds. The molecule has 4 N–H and O–H groups in total. The van der Waals surface area contributed by atoms with E-state index in [1.165, 1.54) is 11.3 Å². The van der Waals surface area contributed by atoms with E-state index in [0.29, 0.717) is 16.4 Å². The lowest BCUT2D eigenvalue weighted by Crippen LogP contribution is -2.38. The molecule has 3 rings (SSSR count). The predicted octanol–water partition coefficient (Wildman–Crippen LogP) is 3.66. The van der Waals surface area contributed by atoms with Gasteiger partial charge in [0.1, 0.15) is 34.3 Å². The normalized spacial score (nSPS) is 13.0. The summed E-state index contributed by atoms with van der Waals surface area (Å²) >= 11 is 1.44. The van der Waals surface area contributed by atoms with Crippen molar-refractivity contribution in [3.8, 4) is 33.0 Å². The van der Waals surface area contributed by atoms with Gasteiger partial charge in [-0.3, -0.25) is 0 Å². The lowest BCUT2D eigenvalue weighted by molar-refractivity contribution is 0.130. The van der Waals surface area contributed by atoms with Gasteiger partial charge < -0.3 is 20.9 Å². The summed E-state index contributed by atoms with van der Waals surface area (Å²) in [5.41, 5.74) is 9.93. The van der Waals surface area contributed by atoms with Crippen LogP contribution >= 0.6 is 11.3 Å². The molecular formula is C23H28N6O2S. The number of pyridine rings is 1. The molecule has 0 aliphatic heterocycles. The van der Waals surface area contributed by atoms with E-state index >= 15 is 0 Å². The molecule has 3 aromatic rings. The number of aryl methyl sites for hydroxylation is 2. The molecule has 9 heteroatoms. The number of nitrogens with two attached hydrogens (primary N) is 1. The molecule has 0 aliphatic carbocycles. The van der Waals surface area contributed by atoms with E-state index in [-0.39, 0.29) is 12.6 Å². The summed E-state index contributed by atoms with van der Waals surface area (Å²) in [6.45, 7) is 9.80. The fourth-order valence-electron chi connectivity index (χ4n) is 3.13. The van der Waals surface area contributed by atoms with Crippen molar-refractivity contribution in [2.75, 3.05) is 11.9 Å². The Bertz CT molecular complexity index is 1110. The third-order valence-electron chi connectivity index (χ3n) is 4.85. The second-order valence-corrected chi connectivity index (χ2v) is 9.08. The Labute approximate surface area is 192 Å². The zero-order chi connectivity index (χ0) is 23.4. The molecular weight excluding hydrogens is 424 g/mol. The van der Waals surface area contributed by atoms with Gasteiger partial charge in [0, 0.05) is 23.4 Å². The molecule has 1 aromatic carbocycles. The fourth-order valence-corrected chi connectivity index (χ4v) is 3.94. The minimum Gasteiger partial charge on any atom is -0.491 e. The summed E-state index contributed by atoms with van der Waals surface area (Å²) in [5, 5.41) is 32.3. The van der Waals surface area contributed by atoms with Gasteiger partial charge in [-0.15, -0.1) is 10.2 Å². The van der Waals surface area contributed by atoms with Crippen molar-refractivity contribution in [1.29, 1.82) is 5.26 Å². The molecule has 0 aliphatic rings. The highest BCUT2D eigenvalue weighted by molar-refractivity contribution is 7.17. The summed E-state index contributed by atoms with van der Waals surface area (Å²) in [7, 11) is 0. The van der Waals surface area contributed by atoms with Gasteiger partial charge in [0.25, 0.3) is 0 Å². The van der Waals surface area contributed by atoms with Crippen LogP contribution in [0, 0.1) is 25.2 Å². The SMILES string of the molecule is Cc1cc(-c2nnc(-c3cnc(NC(C)C)c(C#N)c3)s2)cc(C)c1OC[C@H](N)[C@@H](C)O. The van der Waals surface area contributed by atoms with Crippen LogP contribution in [0.15, 0.2) is 24.4 Å². The Kier molecular flexibility index (Phi) is 7.40. The number of benzene rings is 1. The van der Waals surface area contributed by atoms with Crippen molar-refractivity contribution in [1.82, 2.24) is 15.2 Å². The summed E-state index contributed by atoms with van der Waals surface area (Å²) in [6, 6.07) is 7.68. The summed E-state index contributed by atoms with van der Waals surface area (Å²) in [4.78, 5) is 4.40. The number of nitriles is 1. The van der Waals surface area contributed by atoms with Crippen LogP contribution in [0.3, 0.4) is 0 Å². The smallest absolute Gasteiger partial charge is 0.149 e. The van der Waals surface area contributed by atoms with Crippen molar-refractivity contribution in [2.24, 2.45) is 5.73 Å². The topological polar surface area (TPSA) is 130 Å². The van der Waals surface area contributed by atoms with E-state index in [1.807, 2.05) is 39.8 Å². The zero-order valence-electron chi connectivity index (χ0n) is 18.9. The van der Waals surface area contributed by atoms with Crippen molar-refractivity contribution in [3.05, 3.63) is 41.1 Å². The number of hydrogen-bond donors (Lipinski definition) is 3. The van der Waals surface area contributed by atoms with Crippen molar-refractivity contribution >= 4 is 17.2 Å². The standard InChI is InChI=1S/C23H28N6O2S/c1-12(2)27-21-17(9-24)8-18(10-26-21)23-29-28-22(32-23)16-6-13(3)20(14(4)7-16)31-11-19(25)15(5)30/h6-8,10,12,15,19,30H,11,25H2,1-5H3,(H,26,27)/t15-,19+/m1/s1. The first-order valence-electron chi connectivity index (χ1n) is 10.4. The number of nitrogens with one attached hydrogen (secondary N) is 1.